The van der Waals surface area contributed by atoms with E-state index in [1.54, 1.807) is 6.07 Å². The highest BCUT2D eigenvalue weighted by molar-refractivity contribution is 5.70. The van der Waals surface area contributed by atoms with E-state index in [0.717, 1.165) is 11.5 Å². The van der Waals surface area contributed by atoms with Crippen molar-refractivity contribution < 1.29 is 9.90 Å². The number of nitriles is 1. The number of hydrogen-bond acceptors (Lipinski definition) is 4. The summed E-state index contributed by atoms with van der Waals surface area (Å²) >= 11 is 0. The molecule has 1 aliphatic rings. The molecule has 94 valence electrons. The molecule has 0 saturated carbocycles. The minimum atomic E-state index is -0.710. The van der Waals surface area contributed by atoms with Crippen LogP contribution >= 0.6 is 0 Å². The van der Waals surface area contributed by atoms with E-state index in [9.17, 15) is 4.79 Å². The number of aryl methyl sites for hydroxylation is 1. The zero-order valence-corrected chi connectivity index (χ0v) is 10.3. The normalized spacial score (nSPS) is 16.3. The lowest BCUT2D eigenvalue weighted by Gasteiger charge is -2.31. The number of rotatable bonds is 2. The van der Waals surface area contributed by atoms with Gasteiger partial charge in [-0.1, -0.05) is 0 Å². The molecule has 18 heavy (non-hydrogen) atoms. The maximum Gasteiger partial charge on any atom is 0.306 e. The molecule has 0 spiro atoms. The number of carboxylic acid groups (broad SMARTS) is 1. The lowest BCUT2D eigenvalue weighted by molar-refractivity contribution is -0.142. The van der Waals surface area contributed by atoms with E-state index in [2.05, 4.69) is 16.0 Å². The van der Waals surface area contributed by atoms with Gasteiger partial charge in [-0.05, 0) is 31.9 Å². The quantitative estimate of drug-likeness (QED) is 0.855. The van der Waals surface area contributed by atoms with E-state index in [0.29, 0.717) is 31.5 Å². The average molecular weight is 245 g/mol. The summed E-state index contributed by atoms with van der Waals surface area (Å²) in [5.41, 5.74) is 1.30. The van der Waals surface area contributed by atoms with Crippen molar-refractivity contribution in [2.75, 3.05) is 18.0 Å². The van der Waals surface area contributed by atoms with Crippen LogP contribution in [-0.4, -0.2) is 29.1 Å². The Morgan fingerprint density at radius 2 is 2.17 bits per heavy atom. The maximum atomic E-state index is 10.9. The minimum absolute atomic E-state index is 0.235. The second-order valence-electron chi connectivity index (χ2n) is 4.51. The molecular weight excluding hydrogens is 230 g/mol. The molecule has 1 fully saturated rings. The first-order chi connectivity index (χ1) is 8.61. The lowest BCUT2D eigenvalue weighted by atomic mass is 9.97. The Hall–Kier alpha value is -2.09. The molecule has 0 aromatic carbocycles. The minimum Gasteiger partial charge on any atom is -0.481 e. The lowest BCUT2D eigenvalue weighted by Crippen LogP contribution is -2.36. The molecule has 5 nitrogen and oxygen atoms in total. The Labute approximate surface area is 106 Å². The Kier molecular flexibility index (Phi) is 3.47. The van der Waals surface area contributed by atoms with Crippen molar-refractivity contribution in [2.24, 2.45) is 5.92 Å². The average Bonchev–Trinajstić information content (AvgIpc) is 2.38. The van der Waals surface area contributed by atoms with Gasteiger partial charge in [0.1, 0.15) is 11.9 Å². The van der Waals surface area contributed by atoms with E-state index in [-0.39, 0.29) is 5.92 Å². The van der Waals surface area contributed by atoms with Gasteiger partial charge in [0.2, 0.25) is 0 Å². The Morgan fingerprint density at radius 1 is 1.50 bits per heavy atom. The van der Waals surface area contributed by atoms with Gasteiger partial charge in [0.25, 0.3) is 0 Å². The van der Waals surface area contributed by atoms with Gasteiger partial charge in [0.15, 0.2) is 0 Å². The van der Waals surface area contributed by atoms with Crippen LogP contribution in [0.2, 0.25) is 0 Å². The predicted octanol–water partition coefficient (Wildman–Crippen LogP) is 1.56. The highest BCUT2D eigenvalue weighted by Crippen LogP contribution is 2.22. The van der Waals surface area contributed by atoms with Crippen LogP contribution in [0.3, 0.4) is 0 Å². The van der Waals surface area contributed by atoms with Crippen LogP contribution in [-0.2, 0) is 4.79 Å². The van der Waals surface area contributed by atoms with Crippen molar-refractivity contribution in [3.63, 3.8) is 0 Å². The van der Waals surface area contributed by atoms with E-state index in [1.165, 1.54) is 0 Å². The molecule has 0 unspecified atom stereocenters. The second kappa shape index (κ2) is 5.05. The molecule has 1 aromatic rings. The summed E-state index contributed by atoms with van der Waals surface area (Å²) < 4.78 is 0. The summed E-state index contributed by atoms with van der Waals surface area (Å²) in [6, 6.07) is 5.68. The zero-order valence-electron chi connectivity index (χ0n) is 10.3. The summed E-state index contributed by atoms with van der Waals surface area (Å²) in [6.07, 6.45) is 1.30. The van der Waals surface area contributed by atoms with Crippen LogP contribution in [0.4, 0.5) is 5.82 Å². The first-order valence-corrected chi connectivity index (χ1v) is 5.97. The molecule has 0 bridgehead atoms. The number of hydrogen-bond donors (Lipinski definition) is 1. The van der Waals surface area contributed by atoms with Crippen molar-refractivity contribution in [3.05, 3.63) is 23.4 Å². The van der Waals surface area contributed by atoms with Crippen LogP contribution in [0.1, 0.15) is 24.1 Å². The predicted molar refractivity (Wildman–Crippen MR) is 66.3 cm³/mol. The summed E-state index contributed by atoms with van der Waals surface area (Å²) in [5, 5.41) is 17.8. The second-order valence-corrected chi connectivity index (χ2v) is 4.51. The monoisotopic (exact) mass is 245 g/mol. The van der Waals surface area contributed by atoms with Gasteiger partial charge < -0.3 is 10.0 Å². The Balaban J connectivity index is 2.08. The number of pyridine rings is 1. The molecule has 2 heterocycles. The fourth-order valence-electron chi connectivity index (χ4n) is 2.20. The third-order valence-electron chi connectivity index (χ3n) is 3.36. The molecule has 2 rings (SSSR count). The number of carboxylic acids is 1. The van der Waals surface area contributed by atoms with Crippen molar-refractivity contribution in [2.45, 2.75) is 19.8 Å². The van der Waals surface area contributed by atoms with Gasteiger partial charge in [0.05, 0.1) is 17.2 Å². The van der Waals surface area contributed by atoms with Gasteiger partial charge in [-0.15, -0.1) is 0 Å². The Bertz CT molecular complexity index is 499. The third-order valence-corrected chi connectivity index (χ3v) is 3.36. The van der Waals surface area contributed by atoms with Crippen molar-refractivity contribution in [1.29, 1.82) is 5.26 Å². The molecule has 5 heteroatoms. The fourth-order valence-corrected chi connectivity index (χ4v) is 2.20. The molecule has 1 saturated heterocycles. The smallest absolute Gasteiger partial charge is 0.306 e. The molecule has 0 amide bonds. The van der Waals surface area contributed by atoms with E-state index in [4.69, 9.17) is 10.4 Å². The van der Waals surface area contributed by atoms with Crippen molar-refractivity contribution >= 4 is 11.8 Å². The molecule has 0 atom stereocenters. The van der Waals surface area contributed by atoms with Crippen LogP contribution < -0.4 is 4.90 Å². The summed E-state index contributed by atoms with van der Waals surface area (Å²) in [6.45, 7) is 3.22. The third kappa shape index (κ3) is 2.43. The first kappa shape index (κ1) is 12.4. The number of nitrogens with zero attached hydrogens (tertiary/aromatic N) is 3. The molecule has 1 aliphatic heterocycles. The zero-order chi connectivity index (χ0) is 13.1. The fraction of sp³-hybridized carbons (Fsp3) is 0.462. The van der Waals surface area contributed by atoms with E-state index < -0.39 is 5.97 Å². The molecule has 0 aliphatic carbocycles. The molecular formula is C13H15N3O2. The number of carbonyl (C=O) groups is 1. The van der Waals surface area contributed by atoms with Crippen LogP contribution in [0.15, 0.2) is 12.1 Å². The maximum absolute atomic E-state index is 10.9. The van der Waals surface area contributed by atoms with Crippen molar-refractivity contribution in [1.82, 2.24) is 4.98 Å². The van der Waals surface area contributed by atoms with Crippen LogP contribution in [0.5, 0.6) is 0 Å². The highest BCUT2D eigenvalue weighted by atomic mass is 16.4. The Morgan fingerprint density at radius 3 is 2.67 bits per heavy atom. The number of aromatic nitrogens is 1. The van der Waals surface area contributed by atoms with Gasteiger partial charge in [-0.25, -0.2) is 4.98 Å². The molecule has 1 N–H and O–H groups in total. The number of anilines is 1. The standard InChI is InChI=1S/C13H15N3O2/c1-9-11(8-14)2-3-12(15-9)16-6-4-10(5-7-16)13(17)18/h2-3,10H,4-7H2,1H3,(H,17,18). The summed E-state index contributed by atoms with van der Waals surface area (Å²) in [7, 11) is 0. The van der Waals surface area contributed by atoms with E-state index in [1.807, 2.05) is 13.0 Å². The number of piperidine rings is 1. The van der Waals surface area contributed by atoms with Gasteiger partial charge >= 0.3 is 5.97 Å². The van der Waals surface area contributed by atoms with Crippen molar-refractivity contribution in [3.8, 4) is 6.07 Å². The SMILES string of the molecule is Cc1nc(N2CCC(C(=O)O)CC2)ccc1C#N. The molecule has 0 radical (unpaired) electrons. The summed E-state index contributed by atoms with van der Waals surface area (Å²) in [5.74, 6) is -0.116. The van der Waals surface area contributed by atoms with Gasteiger partial charge in [-0.3, -0.25) is 4.79 Å². The van der Waals surface area contributed by atoms with Gasteiger partial charge in [-0.2, -0.15) is 5.26 Å². The first-order valence-electron chi connectivity index (χ1n) is 5.97. The largest absolute Gasteiger partial charge is 0.481 e. The molecule has 1 aromatic heterocycles. The van der Waals surface area contributed by atoms with Gasteiger partial charge in [0, 0.05) is 13.1 Å². The topological polar surface area (TPSA) is 77.2 Å². The highest BCUT2D eigenvalue weighted by Gasteiger charge is 2.25. The van der Waals surface area contributed by atoms with Crippen LogP contribution in [0.25, 0.3) is 0 Å². The summed E-state index contributed by atoms with van der Waals surface area (Å²) in [4.78, 5) is 17.3. The van der Waals surface area contributed by atoms with E-state index >= 15 is 0 Å². The van der Waals surface area contributed by atoms with Crippen LogP contribution in [0, 0.1) is 24.2 Å². The number of aliphatic carboxylic acids is 1.